The van der Waals surface area contributed by atoms with E-state index >= 15 is 0 Å². The summed E-state index contributed by atoms with van der Waals surface area (Å²) in [5.74, 6) is 0.602. The van der Waals surface area contributed by atoms with E-state index in [2.05, 4.69) is 10.3 Å². The third-order valence-electron chi connectivity index (χ3n) is 3.32. The number of nitrogens with zero attached hydrogens (tertiary/aromatic N) is 1. The quantitative estimate of drug-likeness (QED) is 0.735. The minimum atomic E-state index is -0.444. The van der Waals surface area contributed by atoms with Gasteiger partial charge in [-0.25, -0.2) is 9.37 Å². The monoisotopic (exact) mass is 304 g/mol. The van der Waals surface area contributed by atoms with Crippen molar-refractivity contribution in [1.29, 1.82) is 0 Å². The molecule has 1 aliphatic heterocycles. The molecule has 3 aromatic rings. The zero-order valence-corrected chi connectivity index (χ0v) is 11.6. The molecule has 1 aromatic heterocycles. The number of hydrogen-bond acceptors (Lipinski definition) is 4. The first-order chi connectivity index (χ1) is 10.2. The van der Waals surface area contributed by atoms with Gasteiger partial charge in [-0.05, 0) is 18.2 Å². The molecule has 21 heavy (non-hydrogen) atoms. The molecule has 0 saturated heterocycles. The van der Waals surface area contributed by atoms with E-state index in [-0.39, 0.29) is 5.02 Å². The standard InChI is InChI=1S/C15H10ClFN2O2/c16-10-6-8(17)7-12-14(10)21-15(19-12)9-2-1-3-11-13(9)20-5-4-18-11/h1-3,6-7,18H,4-5H2. The fourth-order valence-electron chi connectivity index (χ4n) is 2.41. The van der Waals surface area contributed by atoms with Crippen LogP contribution < -0.4 is 10.1 Å². The van der Waals surface area contributed by atoms with Crippen LogP contribution in [0, 0.1) is 5.82 Å². The Kier molecular flexibility index (Phi) is 2.75. The van der Waals surface area contributed by atoms with Crippen molar-refractivity contribution in [3.8, 4) is 17.2 Å². The summed E-state index contributed by atoms with van der Waals surface area (Å²) in [5.41, 5.74) is 2.36. The van der Waals surface area contributed by atoms with Crippen LogP contribution in [0.4, 0.5) is 10.1 Å². The normalized spacial score (nSPS) is 13.6. The topological polar surface area (TPSA) is 47.3 Å². The smallest absolute Gasteiger partial charge is 0.231 e. The van der Waals surface area contributed by atoms with E-state index in [1.165, 1.54) is 12.1 Å². The number of fused-ring (bicyclic) bond motifs is 2. The molecule has 1 N–H and O–H groups in total. The molecule has 0 aliphatic carbocycles. The number of anilines is 1. The Morgan fingerprint density at radius 3 is 3.10 bits per heavy atom. The highest BCUT2D eigenvalue weighted by Crippen LogP contribution is 2.39. The minimum Gasteiger partial charge on any atom is -0.489 e. The van der Waals surface area contributed by atoms with Crippen molar-refractivity contribution in [3.63, 3.8) is 0 Å². The van der Waals surface area contributed by atoms with E-state index in [4.69, 9.17) is 20.8 Å². The van der Waals surface area contributed by atoms with Crippen molar-refractivity contribution in [2.24, 2.45) is 0 Å². The number of para-hydroxylation sites is 1. The van der Waals surface area contributed by atoms with Crippen LogP contribution in [0.15, 0.2) is 34.7 Å². The third-order valence-corrected chi connectivity index (χ3v) is 3.60. The van der Waals surface area contributed by atoms with Crippen molar-refractivity contribution in [1.82, 2.24) is 4.98 Å². The summed E-state index contributed by atoms with van der Waals surface area (Å²) in [7, 11) is 0. The van der Waals surface area contributed by atoms with E-state index in [0.717, 1.165) is 12.2 Å². The Hall–Kier alpha value is -2.27. The third kappa shape index (κ3) is 2.01. The van der Waals surface area contributed by atoms with Crippen LogP contribution in [-0.4, -0.2) is 18.1 Å². The molecule has 4 rings (SSSR count). The molecule has 0 spiro atoms. The molecule has 0 radical (unpaired) electrons. The summed E-state index contributed by atoms with van der Waals surface area (Å²) in [6.07, 6.45) is 0. The van der Waals surface area contributed by atoms with Crippen LogP contribution in [0.5, 0.6) is 5.75 Å². The van der Waals surface area contributed by atoms with E-state index < -0.39 is 5.82 Å². The molecular formula is C15H10ClFN2O2. The molecule has 2 heterocycles. The molecule has 0 unspecified atom stereocenters. The van der Waals surface area contributed by atoms with Gasteiger partial charge in [-0.2, -0.15) is 0 Å². The summed E-state index contributed by atoms with van der Waals surface area (Å²) < 4.78 is 24.8. The van der Waals surface area contributed by atoms with Crippen molar-refractivity contribution in [2.75, 3.05) is 18.5 Å². The number of rotatable bonds is 1. The summed E-state index contributed by atoms with van der Waals surface area (Å²) in [6.45, 7) is 1.32. The second-order valence-electron chi connectivity index (χ2n) is 4.71. The number of benzene rings is 2. The van der Waals surface area contributed by atoms with E-state index in [1.807, 2.05) is 18.2 Å². The summed E-state index contributed by atoms with van der Waals surface area (Å²) in [6, 6.07) is 8.15. The lowest BCUT2D eigenvalue weighted by atomic mass is 10.1. The van der Waals surface area contributed by atoms with Gasteiger partial charge < -0.3 is 14.5 Å². The minimum absolute atomic E-state index is 0.201. The molecule has 0 bridgehead atoms. The lowest BCUT2D eigenvalue weighted by Crippen LogP contribution is -2.18. The van der Waals surface area contributed by atoms with Gasteiger partial charge in [0.25, 0.3) is 0 Å². The number of aromatic nitrogens is 1. The Morgan fingerprint density at radius 1 is 1.29 bits per heavy atom. The maximum atomic E-state index is 13.4. The largest absolute Gasteiger partial charge is 0.489 e. The summed E-state index contributed by atoms with van der Waals surface area (Å²) in [4.78, 5) is 4.31. The second kappa shape index (κ2) is 4.63. The van der Waals surface area contributed by atoms with Crippen molar-refractivity contribution < 1.29 is 13.5 Å². The average Bonchev–Trinajstić information content (AvgIpc) is 2.90. The first-order valence-corrected chi connectivity index (χ1v) is 6.86. The van der Waals surface area contributed by atoms with Gasteiger partial charge >= 0.3 is 0 Å². The molecule has 0 fully saturated rings. The maximum Gasteiger partial charge on any atom is 0.231 e. The van der Waals surface area contributed by atoms with Crippen LogP contribution in [0.25, 0.3) is 22.6 Å². The molecule has 2 aromatic carbocycles. The SMILES string of the molecule is Fc1cc(Cl)c2oc(-c3cccc4c3OCCN4)nc2c1. The van der Waals surface area contributed by atoms with Gasteiger partial charge in [-0.3, -0.25) is 0 Å². The zero-order valence-electron chi connectivity index (χ0n) is 10.8. The Labute approximate surface area is 124 Å². The van der Waals surface area contributed by atoms with Gasteiger partial charge in [0.2, 0.25) is 5.89 Å². The number of ether oxygens (including phenoxy) is 1. The first kappa shape index (κ1) is 12.5. The van der Waals surface area contributed by atoms with Crippen molar-refractivity contribution in [2.45, 2.75) is 0 Å². The first-order valence-electron chi connectivity index (χ1n) is 6.48. The van der Waals surface area contributed by atoms with Crippen molar-refractivity contribution >= 4 is 28.4 Å². The lowest BCUT2D eigenvalue weighted by Gasteiger charge is -2.20. The zero-order chi connectivity index (χ0) is 14.4. The molecule has 0 saturated carbocycles. The van der Waals surface area contributed by atoms with Crippen LogP contribution in [0.2, 0.25) is 5.02 Å². The predicted octanol–water partition coefficient (Wildman–Crippen LogP) is 4.09. The maximum absolute atomic E-state index is 13.4. The highest BCUT2D eigenvalue weighted by Gasteiger charge is 2.20. The molecule has 6 heteroatoms. The fraction of sp³-hybridized carbons (Fsp3) is 0.133. The molecule has 0 amide bonds. The number of nitrogens with one attached hydrogen (secondary N) is 1. The van der Waals surface area contributed by atoms with Gasteiger partial charge in [0.05, 0.1) is 16.3 Å². The van der Waals surface area contributed by atoms with E-state index in [1.54, 1.807) is 0 Å². The molecule has 4 nitrogen and oxygen atoms in total. The van der Waals surface area contributed by atoms with E-state index in [9.17, 15) is 4.39 Å². The van der Waals surface area contributed by atoms with Gasteiger partial charge in [-0.15, -0.1) is 0 Å². The highest BCUT2D eigenvalue weighted by molar-refractivity contribution is 6.34. The van der Waals surface area contributed by atoms with Crippen LogP contribution in [0.3, 0.4) is 0 Å². The van der Waals surface area contributed by atoms with Gasteiger partial charge in [0, 0.05) is 12.6 Å². The van der Waals surface area contributed by atoms with Crippen LogP contribution >= 0.6 is 11.6 Å². The number of oxazole rings is 1. The summed E-state index contributed by atoms with van der Waals surface area (Å²) >= 11 is 5.99. The second-order valence-corrected chi connectivity index (χ2v) is 5.12. The molecule has 1 aliphatic rings. The molecule has 106 valence electrons. The Balaban J connectivity index is 1.93. The average molecular weight is 305 g/mol. The van der Waals surface area contributed by atoms with Crippen LogP contribution in [0.1, 0.15) is 0 Å². The Morgan fingerprint density at radius 2 is 2.19 bits per heavy atom. The lowest BCUT2D eigenvalue weighted by molar-refractivity contribution is 0.324. The fourth-order valence-corrected chi connectivity index (χ4v) is 2.65. The highest BCUT2D eigenvalue weighted by atomic mass is 35.5. The van der Waals surface area contributed by atoms with Crippen LogP contribution in [-0.2, 0) is 0 Å². The number of halogens is 2. The van der Waals surface area contributed by atoms with Gasteiger partial charge in [0.1, 0.15) is 17.9 Å². The van der Waals surface area contributed by atoms with E-state index in [0.29, 0.717) is 34.9 Å². The molecular weight excluding hydrogens is 295 g/mol. The van der Waals surface area contributed by atoms with Gasteiger partial charge in [0.15, 0.2) is 11.3 Å². The van der Waals surface area contributed by atoms with Gasteiger partial charge in [-0.1, -0.05) is 17.7 Å². The predicted molar refractivity (Wildman–Crippen MR) is 78.4 cm³/mol. The van der Waals surface area contributed by atoms with Crippen molar-refractivity contribution in [3.05, 3.63) is 41.2 Å². The Bertz CT molecular complexity index is 847. The molecule has 0 atom stereocenters. The summed E-state index contributed by atoms with van der Waals surface area (Å²) in [5, 5.41) is 3.45. The number of hydrogen-bond donors (Lipinski definition) is 1.